The van der Waals surface area contributed by atoms with Crippen LogP contribution in [-0.2, 0) is 0 Å². The molecule has 1 unspecified atom stereocenters. The van der Waals surface area contributed by atoms with Crippen molar-refractivity contribution in [3.63, 3.8) is 0 Å². The Morgan fingerprint density at radius 1 is 1.54 bits per heavy atom. The number of rotatable bonds is 2. The third kappa shape index (κ3) is 1.97. The number of nitrogen functional groups attached to an aromatic ring is 1. The van der Waals surface area contributed by atoms with Crippen molar-refractivity contribution >= 4 is 11.7 Å². The average Bonchev–Trinajstić information content (AvgIpc) is 2.04. The van der Waals surface area contributed by atoms with Gasteiger partial charge in [0.05, 0.1) is 5.56 Å². The summed E-state index contributed by atoms with van der Waals surface area (Å²) in [7, 11) is 0. The fourth-order valence-corrected chi connectivity index (χ4v) is 1.04. The van der Waals surface area contributed by atoms with Crippen LogP contribution in [0.25, 0.3) is 0 Å². The standard InChI is InChI=1S/C9H12N2O2/c1-5(10)6-2-3-8(11)7(4-6)9(12)13/h2-5H,10-11H2,1H3,(H,12,13). The van der Waals surface area contributed by atoms with Crippen molar-refractivity contribution in [1.29, 1.82) is 0 Å². The van der Waals surface area contributed by atoms with Crippen LogP contribution in [0.3, 0.4) is 0 Å². The van der Waals surface area contributed by atoms with E-state index in [-0.39, 0.29) is 17.3 Å². The van der Waals surface area contributed by atoms with E-state index in [9.17, 15) is 4.79 Å². The SMILES string of the molecule is CC(N)c1ccc(N)c(C(=O)O)c1. The average molecular weight is 180 g/mol. The van der Waals surface area contributed by atoms with Gasteiger partial charge in [0.1, 0.15) is 0 Å². The Labute approximate surface area is 76.2 Å². The van der Waals surface area contributed by atoms with Gasteiger partial charge in [-0.05, 0) is 24.6 Å². The summed E-state index contributed by atoms with van der Waals surface area (Å²) < 4.78 is 0. The number of benzene rings is 1. The molecule has 0 saturated heterocycles. The fraction of sp³-hybridized carbons (Fsp3) is 0.222. The Balaban J connectivity index is 3.19. The predicted molar refractivity (Wildman–Crippen MR) is 50.4 cm³/mol. The first kappa shape index (κ1) is 9.54. The highest BCUT2D eigenvalue weighted by Crippen LogP contribution is 2.17. The summed E-state index contributed by atoms with van der Waals surface area (Å²) in [6.07, 6.45) is 0. The molecule has 4 nitrogen and oxygen atoms in total. The highest BCUT2D eigenvalue weighted by Gasteiger charge is 2.09. The van der Waals surface area contributed by atoms with Gasteiger partial charge in [-0.3, -0.25) is 0 Å². The van der Waals surface area contributed by atoms with Crippen molar-refractivity contribution < 1.29 is 9.90 Å². The van der Waals surface area contributed by atoms with Crippen LogP contribution in [0.1, 0.15) is 28.9 Å². The first-order valence-corrected chi connectivity index (χ1v) is 3.90. The molecule has 0 bridgehead atoms. The lowest BCUT2D eigenvalue weighted by Crippen LogP contribution is -2.08. The van der Waals surface area contributed by atoms with Crippen LogP contribution in [0.5, 0.6) is 0 Å². The predicted octanol–water partition coefficient (Wildman–Crippen LogP) is 0.987. The Kier molecular flexibility index (Phi) is 2.53. The van der Waals surface area contributed by atoms with Crippen LogP contribution in [0, 0.1) is 0 Å². The maximum absolute atomic E-state index is 10.7. The van der Waals surface area contributed by atoms with E-state index in [2.05, 4.69) is 0 Å². The molecule has 0 radical (unpaired) electrons. The van der Waals surface area contributed by atoms with Crippen molar-refractivity contribution in [2.45, 2.75) is 13.0 Å². The molecule has 0 aliphatic carbocycles. The largest absolute Gasteiger partial charge is 0.478 e. The van der Waals surface area contributed by atoms with E-state index in [1.807, 2.05) is 0 Å². The molecule has 1 aromatic rings. The molecule has 0 fully saturated rings. The maximum atomic E-state index is 10.7. The minimum atomic E-state index is -1.03. The lowest BCUT2D eigenvalue weighted by atomic mass is 10.0. The van der Waals surface area contributed by atoms with E-state index in [0.29, 0.717) is 0 Å². The fourth-order valence-electron chi connectivity index (χ4n) is 1.04. The zero-order valence-electron chi connectivity index (χ0n) is 7.32. The smallest absolute Gasteiger partial charge is 0.337 e. The second-order valence-corrected chi connectivity index (χ2v) is 2.94. The number of carboxylic acids is 1. The lowest BCUT2D eigenvalue weighted by Gasteiger charge is -2.07. The van der Waals surface area contributed by atoms with E-state index in [0.717, 1.165) is 5.56 Å². The molecule has 0 aliphatic heterocycles. The summed E-state index contributed by atoms with van der Waals surface area (Å²) in [4.78, 5) is 10.7. The van der Waals surface area contributed by atoms with Crippen LogP contribution < -0.4 is 11.5 Å². The van der Waals surface area contributed by atoms with Crippen molar-refractivity contribution in [3.8, 4) is 0 Å². The van der Waals surface area contributed by atoms with E-state index >= 15 is 0 Å². The molecule has 5 N–H and O–H groups in total. The van der Waals surface area contributed by atoms with Gasteiger partial charge in [0.25, 0.3) is 0 Å². The summed E-state index contributed by atoms with van der Waals surface area (Å²) >= 11 is 0. The zero-order valence-corrected chi connectivity index (χ0v) is 7.32. The Morgan fingerprint density at radius 3 is 2.62 bits per heavy atom. The normalized spacial score (nSPS) is 12.5. The van der Waals surface area contributed by atoms with Crippen molar-refractivity contribution in [3.05, 3.63) is 29.3 Å². The summed E-state index contributed by atoms with van der Waals surface area (Å²) in [5, 5.41) is 8.75. The molecule has 0 heterocycles. The monoisotopic (exact) mass is 180 g/mol. The third-order valence-corrected chi connectivity index (χ3v) is 1.83. The minimum absolute atomic E-state index is 0.106. The molecule has 0 spiro atoms. The van der Waals surface area contributed by atoms with Gasteiger partial charge in [0.2, 0.25) is 0 Å². The van der Waals surface area contributed by atoms with Gasteiger partial charge in [0, 0.05) is 11.7 Å². The topological polar surface area (TPSA) is 89.3 Å². The molecule has 0 saturated carbocycles. The van der Waals surface area contributed by atoms with Gasteiger partial charge in [0.15, 0.2) is 0 Å². The molecule has 1 atom stereocenters. The Morgan fingerprint density at radius 2 is 2.15 bits per heavy atom. The number of nitrogens with two attached hydrogens (primary N) is 2. The summed E-state index contributed by atoms with van der Waals surface area (Å²) in [5.41, 5.74) is 12.2. The number of anilines is 1. The third-order valence-electron chi connectivity index (χ3n) is 1.83. The Bertz CT molecular complexity index is 334. The number of hydrogen-bond donors (Lipinski definition) is 3. The summed E-state index contributed by atoms with van der Waals surface area (Å²) in [5.74, 6) is -1.03. The molecule has 0 aromatic heterocycles. The van der Waals surface area contributed by atoms with E-state index in [1.165, 1.54) is 6.07 Å². The van der Waals surface area contributed by atoms with Crippen molar-refractivity contribution in [2.75, 3.05) is 5.73 Å². The molecule has 70 valence electrons. The van der Waals surface area contributed by atoms with E-state index in [4.69, 9.17) is 16.6 Å². The second kappa shape index (κ2) is 3.45. The van der Waals surface area contributed by atoms with Gasteiger partial charge in [-0.1, -0.05) is 6.07 Å². The molecule has 1 rings (SSSR count). The first-order chi connectivity index (χ1) is 6.02. The van der Waals surface area contributed by atoms with Crippen LogP contribution in [-0.4, -0.2) is 11.1 Å². The molecule has 1 aromatic carbocycles. The van der Waals surface area contributed by atoms with Gasteiger partial charge in [-0.15, -0.1) is 0 Å². The van der Waals surface area contributed by atoms with E-state index in [1.54, 1.807) is 19.1 Å². The number of hydrogen-bond acceptors (Lipinski definition) is 3. The van der Waals surface area contributed by atoms with Gasteiger partial charge >= 0.3 is 5.97 Å². The van der Waals surface area contributed by atoms with Crippen molar-refractivity contribution in [1.82, 2.24) is 0 Å². The van der Waals surface area contributed by atoms with Crippen LogP contribution in [0.4, 0.5) is 5.69 Å². The van der Waals surface area contributed by atoms with Gasteiger partial charge < -0.3 is 16.6 Å². The lowest BCUT2D eigenvalue weighted by molar-refractivity contribution is 0.0698. The highest BCUT2D eigenvalue weighted by molar-refractivity contribution is 5.93. The maximum Gasteiger partial charge on any atom is 0.337 e. The van der Waals surface area contributed by atoms with E-state index < -0.39 is 5.97 Å². The van der Waals surface area contributed by atoms with Crippen LogP contribution in [0.2, 0.25) is 0 Å². The number of carboxylic acid groups (broad SMARTS) is 1. The first-order valence-electron chi connectivity index (χ1n) is 3.90. The minimum Gasteiger partial charge on any atom is -0.478 e. The quantitative estimate of drug-likeness (QED) is 0.592. The molecular formula is C9H12N2O2. The molecular weight excluding hydrogens is 168 g/mol. The number of aromatic carboxylic acids is 1. The zero-order chi connectivity index (χ0) is 10.0. The van der Waals surface area contributed by atoms with Crippen molar-refractivity contribution in [2.24, 2.45) is 5.73 Å². The molecule has 0 amide bonds. The number of carbonyl (C=O) groups is 1. The van der Waals surface area contributed by atoms with Crippen LogP contribution in [0.15, 0.2) is 18.2 Å². The highest BCUT2D eigenvalue weighted by atomic mass is 16.4. The summed E-state index contributed by atoms with van der Waals surface area (Å²) in [6, 6.07) is 4.61. The van der Waals surface area contributed by atoms with Crippen LogP contribution >= 0.6 is 0 Å². The molecule has 13 heavy (non-hydrogen) atoms. The Hall–Kier alpha value is -1.55. The van der Waals surface area contributed by atoms with Gasteiger partial charge in [-0.2, -0.15) is 0 Å². The van der Waals surface area contributed by atoms with Gasteiger partial charge in [-0.25, -0.2) is 4.79 Å². The second-order valence-electron chi connectivity index (χ2n) is 2.94. The summed E-state index contributed by atoms with van der Waals surface area (Å²) in [6.45, 7) is 1.79. The molecule has 4 heteroatoms. The molecule has 0 aliphatic rings.